The first-order valence-corrected chi connectivity index (χ1v) is 11.5. The Morgan fingerprint density at radius 2 is 1.63 bits per heavy atom. The first kappa shape index (κ1) is 23.5. The normalized spacial score (nSPS) is 11.1. The van der Waals surface area contributed by atoms with E-state index in [1.807, 2.05) is 24.3 Å². The molecular weight excluding hydrogens is 404 g/mol. The van der Waals surface area contributed by atoms with Crippen LogP contribution < -0.4 is 19.1 Å². The van der Waals surface area contributed by atoms with Crippen molar-refractivity contribution in [2.45, 2.75) is 33.1 Å². The highest BCUT2D eigenvalue weighted by molar-refractivity contribution is 7.92. The summed E-state index contributed by atoms with van der Waals surface area (Å²) >= 11 is 0. The minimum atomic E-state index is -3.58. The summed E-state index contributed by atoms with van der Waals surface area (Å²) in [7, 11) is 0.747. The smallest absolute Gasteiger partial charge is 0.257 e. The van der Waals surface area contributed by atoms with E-state index in [1.165, 1.54) is 39.0 Å². The van der Waals surface area contributed by atoms with Gasteiger partial charge in [0, 0.05) is 18.8 Å². The number of hydrogen-bond donors (Lipinski definition) is 1. The second-order valence-corrected chi connectivity index (χ2v) is 9.14. The molecule has 7 nitrogen and oxygen atoms in total. The van der Waals surface area contributed by atoms with Crippen molar-refractivity contribution in [3.8, 4) is 11.5 Å². The molecule has 0 unspecified atom stereocenters. The summed E-state index contributed by atoms with van der Waals surface area (Å²) in [5, 5.41) is 2.84. The fraction of sp³-hybridized carbons (Fsp3) is 0.409. The van der Waals surface area contributed by atoms with Crippen LogP contribution in [0, 0.1) is 0 Å². The maximum atomic E-state index is 13.1. The van der Waals surface area contributed by atoms with Crippen LogP contribution in [0.2, 0.25) is 0 Å². The van der Waals surface area contributed by atoms with Crippen LogP contribution in [0.5, 0.6) is 11.5 Å². The lowest BCUT2D eigenvalue weighted by Gasteiger charge is -2.23. The van der Waals surface area contributed by atoms with Crippen LogP contribution in [0.4, 0.5) is 11.4 Å². The minimum Gasteiger partial charge on any atom is -0.493 e. The number of sulfonamides is 1. The minimum absolute atomic E-state index is 0.0991. The first-order valence-electron chi connectivity index (χ1n) is 9.90. The van der Waals surface area contributed by atoms with Gasteiger partial charge in [0.15, 0.2) is 11.5 Å². The Labute approximate surface area is 179 Å². The van der Waals surface area contributed by atoms with Gasteiger partial charge >= 0.3 is 0 Å². The van der Waals surface area contributed by atoms with Gasteiger partial charge < -0.3 is 14.8 Å². The number of hydrogen-bond acceptors (Lipinski definition) is 5. The van der Waals surface area contributed by atoms with Gasteiger partial charge in [0.05, 0.1) is 31.2 Å². The predicted molar refractivity (Wildman–Crippen MR) is 120 cm³/mol. The molecule has 0 bridgehead atoms. The van der Waals surface area contributed by atoms with E-state index < -0.39 is 15.9 Å². The van der Waals surface area contributed by atoms with Crippen LogP contribution in [0.15, 0.2) is 36.4 Å². The van der Waals surface area contributed by atoms with E-state index in [-0.39, 0.29) is 17.0 Å². The standard InChI is InChI=1S/C22H30N2O5S/c1-6-8-9-16-10-12-17(13-11-16)23-22(25)18-14-20(28-4)21(29-5)15-19(18)24(3)30(26,27)7-2/h10-15H,6-9H2,1-5H3,(H,23,25). The summed E-state index contributed by atoms with van der Waals surface area (Å²) in [5.41, 5.74) is 2.21. The molecule has 164 valence electrons. The van der Waals surface area contributed by atoms with Crippen molar-refractivity contribution in [1.29, 1.82) is 0 Å². The van der Waals surface area contributed by atoms with E-state index in [9.17, 15) is 13.2 Å². The van der Waals surface area contributed by atoms with Gasteiger partial charge in [-0.2, -0.15) is 0 Å². The topological polar surface area (TPSA) is 84.9 Å². The number of anilines is 2. The van der Waals surface area contributed by atoms with Gasteiger partial charge in [-0.15, -0.1) is 0 Å². The first-order chi connectivity index (χ1) is 14.3. The highest BCUT2D eigenvalue weighted by Crippen LogP contribution is 2.36. The Balaban J connectivity index is 2.41. The number of benzene rings is 2. The Morgan fingerprint density at radius 1 is 1.03 bits per heavy atom. The number of amides is 1. The van der Waals surface area contributed by atoms with Gasteiger partial charge in [-0.25, -0.2) is 8.42 Å². The zero-order chi connectivity index (χ0) is 22.3. The van der Waals surface area contributed by atoms with Crippen LogP contribution in [0.3, 0.4) is 0 Å². The Morgan fingerprint density at radius 3 is 2.17 bits per heavy atom. The summed E-state index contributed by atoms with van der Waals surface area (Å²) in [5.74, 6) is 0.134. The molecule has 1 N–H and O–H groups in total. The molecule has 1 amide bonds. The number of carbonyl (C=O) groups excluding carboxylic acids is 1. The summed E-state index contributed by atoms with van der Waals surface area (Å²) in [6, 6.07) is 10.6. The molecule has 0 spiro atoms. The fourth-order valence-corrected chi connectivity index (χ4v) is 3.83. The molecule has 0 fully saturated rings. The number of ether oxygens (including phenoxy) is 2. The molecule has 0 saturated carbocycles. The molecule has 30 heavy (non-hydrogen) atoms. The Bertz CT molecular complexity index is 972. The Kier molecular flexibility index (Phi) is 8.11. The molecule has 0 radical (unpaired) electrons. The number of unbranched alkanes of at least 4 members (excludes halogenated alkanes) is 1. The third-order valence-corrected chi connectivity index (χ3v) is 6.66. The zero-order valence-electron chi connectivity index (χ0n) is 18.2. The van der Waals surface area contributed by atoms with E-state index in [0.29, 0.717) is 17.2 Å². The van der Waals surface area contributed by atoms with E-state index in [4.69, 9.17) is 9.47 Å². The van der Waals surface area contributed by atoms with Crippen LogP contribution in [0.1, 0.15) is 42.6 Å². The van der Waals surface area contributed by atoms with Crippen molar-refractivity contribution in [2.75, 3.05) is 36.6 Å². The SMILES string of the molecule is CCCCc1ccc(NC(=O)c2cc(OC)c(OC)cc2N(C)S(=O)(=O)CC)cc1. The highest BCUT2D eigenvalue weighted by Gasteiger charge is 2.25. The van der Waals surface area contributed by atoms with Gasteiger partial charge in [-0.3, -0.25) is 9.10 Å². The maximum Gasteiger partial charge on any atom is 0.257 e. The number of aryl methyl sites for hydroxylation is 1. The van der Waals surface area contributed by atoms with Gasteiger partial charge in [0.25, 0.3) is 5.91 Å². The van der Waals surface area contributed by atoms with Gasteiger partial charge in [0.1, 0.15) is 0 Å². The molecule has 0 atom stereocenters. The molecule has 2 rings (SSSR count). The average molecular weight is 435 g/mol. The molecule has 8 heteroatoms. The van der Waals surface area contributed by atoms with Crippen molar-refractivity contribution in [3.63, 3.8) is 0 Å². The molecule has 2 aromatic rings. The van der Waals surface area contributed by atoms with Gasteiger partial charge in [0.2, 0.25) is 10.0 Å². The van der Waals surface area contributed by atoms with Gasteiger partial charge in [-0.05, 0) is 43.5 Å². The summed E-state index contributed by atoms with van der Waals surface area (Å²) < 4.78 is 36.6. The van der Waals surface area contributed by atoms with Gasteiger partial charge in [-0.1, -0.05) is 25.5 Å². The molecule has 0 heterocycles. The van der Waals surface area contributed by atoms with E-state index in [2.05, 4.69) is 12.2 Å². The lowest BCUT2D eigenvalue weighted by Crippen LogP contribution is -2.30. The van der Waals surface area contributed by atoms with Crippen molar-refractivity contribution in [3.05, 3.63) is 47.5 Å². The number of methoxy groups -OCH3 is 2. The van der Waals surface area contributed by atoms with Crippen LogP contribution in [0.25, 0.3) is 0 Å². The third-order valence-electron chi connectivity index (χ3n) is 4.90. The third kappa shape index (κ3) is 5.44. The van der Waals surface area contributed by atoms with Crippen LogP contribution in [-0.4, -0.2) is 41.3 Å². The highest BCUT2D eigenvalue weighted by atomic mass is 32.2. The fourth-order valence-electron chi connectivity index (χ4n) is 2.99. The lowest BCUT2D eigenvalue weighted by molar-refractivity contribution is 0.102. The predicted octanol–water partition coefficient (Wildman–Crippen LogP) is 4.08. The van der Waals surface area contributed by atoms with Crippen LogP contribution >= 0.6 is 0 Å². The van der Waals surface area contributed by atoms with Crippen molar-refractivity contribution in [2.24, 2.45) is 0 Å². The Hall–Kier alpha value is -2.74. The second-order valence-electron chi connectivity index (χ2n) is 6.85. The van der Waals surface area contributed by atoms with Crippen LogP contribution in [-0.2, 0) is 16.4 Å². The molecular formula is C22H30N2O5S. The molecule has 0 saturated heterocycles. The maximum absolute atomic E-state index is 13.1. The van der Waals surface area contributed by atoms with E-state index in [1.54, 1.807) is 6.92 Å². The van der Waals surface area contributed by atoms with E-state index in [0.717, 1.165) is 23.6 Å². The zero-order valence-corrected chi connectivity index (χ0v) is 19.0. The lowest BCUT2D eigenvalue weighted by atomic mass is 10.1. The number of carbonyl (C=O) groups is 1. The molecule has 0 aliphatic rings. The monoisotopic (exact) mass is 434 g/mol. The summed E-state index contributed by atoms with van der Waals surface area (Å²) in [4.78, 5) is 13.1. The summed E-state index contributed by atoms with van der Waals surface area (Å²) in [6.45, 7) is 3.69. The molecule has 0 aliphatic heterocycles. The number of nitrogens with zero attached hydrogens (tertiary/aromatic N) is 1. The largest absolute Gasteiger partial charge is 0.493 e. The number of rotatable bonds is 10. The number of nitrogens with one attached hydrogen (secondary N) is 1. The molecule has 2 aromatic carbocycles. The molecule has 0 aliphatic carbocycles. The van der Waals surface area contributed by atoms with E-state index >= 15 is 0 Å². The average Bonchev–Trinajstić information content (AvgIpc) is 2.76. The second kappa shape index (κ2) is 10.3. The van der Waals surface area contributed by atoms with Crippen molar-refractivity contribution < 1.29 is 22.7 Å². The molecule has 0 aromatic heterocycles. The van der Waals surface area contributed by atoms with Crippen molar-refractivity contribution in [1.82, 2.24) is 0 Å². The van der Waals surface area contributed by atoms with Crippen molar-refractivity contribution >= 4 is 27.3 Å². The summed E-state index contributed by atoms with van der Waals surface area (Å²) in [6.07, 6.45) is 3.22. The quantitative estimate of drug-likeness (QED) is 0.609.